The van der Waals surface area contributed by atoms with Crippen LogP contribution in [0.2, 0.25) is 0 Å². The van der Waals surface area contributed by atoms with Gasteiger partial charge in [-0.3, -0.25) is 4.79 Å². The van der Waals surface area contributed by atoms with Gasteiger partial charge in [-0.05, 0) is 30.9 Å². The largest absolute Gasteiger partial charge is 0.454 e. The van der Waals surface area contributed by atoms with Crippen LogP contribution >= 0.6 is 11.8 Å². The molecule has 0 fully saturated rings. The summed E-state index contributed by atoms with van der Waals surface area (Å²) in [5.41, 5.74) is 1.56. The molecule has 26 heavy (non-hydrogen) atoms. The van der Waals surface area contributed by atoms with Crippen molar-refractivity contribution in [2.45, 2.75) is 19.8 Å². The first kappa shape index (κ1) is 19.7. The number of thioether (sulfide) groups is 1. The van der Waals surface area contributed by atoms with Gasteiger partial charge in [0.15, 0.2) is 11.6 Å². The number of ether oxygens (including phenoxy) is 1. The zero-order valence-electron chi connectivity index (χ0n) is 14.9. The van der Waals surface area contributed by atoms with E-state index in [1.807, 2.05) is 48.7 Å². The summed E-state index contributed by atoms with van der Waals surface area (Å²) >= 11 is 1.52. The van der Waals surface area contributed by atoms with Crippen LogP contribution in [-0.2, 0) is 4.79 Å². The molecule has 0 spiro atoms. The van der Waals surface area contributed by atoms with E-state index in [2.05, 4.69) is 22.7 Å². The van der Waals surface area contributed by atoms with Crippen LogP contribution < -0.4 is 15.4 Å². The lowest BCUT2D eigenvalue weighted by Gasteiger charge is -2.17. The maximum atomic E-state index is 10.8. The summed E-state index contributed by atoms with van der Waals surface area (Å²) in [7, 11) is 0. The number of oxime groups is 1. The molecule has 0 unspecified atom stereocenters. The molecule has 1 aliphatic rings. The molecular weight excluding hydrogens is 350 g/mol. The van der Waals surface area contributed by atoms with E-state index < -0.39 is 0 Å². The van der Waals surface area contributed by atoms with Crippen molar-refractivity contribution in [3.8, 4) is 5.75 Å². The Morgan fingerprint density at radius 3 is 2.77 bits per heavy atom. The Hall–Kier alpha value is -2.67. The minimum Gasteiger partial charge on any atom is -0.454 e. The highest BCUT2D eigenvalue weighted by atomic mass is 32.2. The molecule has 0 radical (unpaired) electrons. The maximum absolute atomic E-state index is 10.8. The molecule has 0 saturated carbocycles. The Balaban J connectivity index is 2.43. The van der Waals surface area contributed by atoms with Crippen LogP contribution in [0.25, 0.3) is 0 Å². The van der Waals surface area contributed by atoms with Crippen molar-refractivity contribution in [1.82, 2.24) is 10.6 Å². The number of para-hydroxylation sites is 1. The van der Waals surface area contributed by atoms with Crippen LogP contribution in [0.15, 0.2) is 69.6 Å². The summed E-state index contributed by atoms with van der Waals surface area (Å²) in [6.45, 7) is 2.91. The maximum Gasteiger partial charge on any atom is 0.212 e. The number of hydrogen-bond donors (Lipinski definition) is 3. The van der Waals surface area contributed by atoms with Crippen LogP contribution in [0, 0.1) is 0 Å². The molecule has 1 amide bonds. The van der Waals surface area contributed by atoms with Gasteiger partial charge in [-0.1, -0.05) is 36.4 Å². The third-order valence-corrected chi connectivity index (χ3v) is 4.39. The summed E-state index contributed by atoms with van der Waals surface area (Å²) in [4.78, 5) is 11.6. The van der Waals surface area contributed by atoms with Crippen molar-refractivity contribution < 1.29 is 14.7 Å². The molecule has 1 aliphatic carbocycles. The van der Waals surface area contributed by atoms with Gasteiger partial charge < -0.3 is 20.6 Å². The molecule has 0 atom stereocenters. The van der Waals surface area contributed by atoms with Crippen LogP contribution in [0.5, 0.6) is 5.75 Å². The highest BCUT2D eigenvalue weighted by molar-refractivity contribution is 8.02. The quantitative estimate of drug-likeness (QED) is 0.214. The number of allylic oxidation sites excluding steroid dienone is 1. The Kier molecular flexibility index (Phi) is 7.82. The molecule has 3 N–H and O–H groups in total. The molecule has 1 aromatic rings. The van der Waals surface area contributed by atoms with Gasteiger partial charge in [0.05, 0.1) is 10.6 Å². The summed E-state index contributed by atoms with van der Waals surface area (Å²) in [5, 5.41) is 18.2. The fourth-order valence-electron chi connectivity index (χ4n) is 2.41. The first-order valence-corrected chi connectivity index (χ1v) is 9.54. The highest BCUT2D eigenvalue weighted by Crippen LogP contribution is 2.32. The molecule has 0 aromatic heterocycles. The fourth-order valence-corrected chi connectivity index (χ4v) is 3.00. The lowest BCUT2D eigenvalue weighted by molar-refractivity contribution is -0.108. The Bertz CT molecular complexity index is 740. The third kappa shape index (κ3) is 5.16. The monoisotopic (exact) mass is 373 g/mol. The molecule has 0 bridgehead atoms. The SMILES string of the molecule is CCCNC1=C(Oc2ccccc2)C(SC)=CC(/C(=N/O)NC=O)=CC1. The Labute approximate surface area is 157 Å². The molecule has 0 saturated heterocycles. The van der Waals surface area contributed by atoms with Gasteiger partial charge in [0.25, 0.3) is 0 Å². The molecule has 0 heterocycles. The molecule has 0 aliphatic heterocycles. The fraction of sp³-hybridized carbons (Fsp3) is 0.263. The van der Waals surface area contributed by atoms with Crippen LogP contribution in [0.3, 0.4) is 0 Å². The van der Waals surface area contributed by atoms with E-state index in [0.717, 1.165) is 35.1 Å². The number of carbonyl (C=O) groups is 1. The van der Waals surface area contributed by atoms with E-state index in [9.17, 15) is 10.0 Å². The van der Waals surface area contributed by atoms with E-state index in [4.69, 9.17) is 4.74 Å². The number of nitrogens with one attached hydrogen (secondary N) is 2. The second-order valence-electron chi connectivity index (χ2n) is 5.44. The first-order valence-electron chi connectivity index (χ1n) is 8.32. The van der Waals surface area contributed by atoms with Crippen LogP contribution in [0.1, 0.15) is 19.8 Å². The summed E-state index contributed by atoms with van der Waals surface area (Å²) < 4.78 is 6.17. The van der Waals surface area contributed by atoms with Crippen molar-refractivity contribution in [3.05, 3.63) is 64.4 Å². The van der Waals surface area contributed by atoms with Gasteiger partial charge in [-0.2, -0.15) is 0 Å². The van der Waals surface area contributed by atoms with Gasteiger partial charge in [-0.15, -0.1) is 11.8 Å². The number of benzene rings is 1. The van der Waals surface area contributed by atoms with Crippen molar-refractivity contribution in [1.29, 1.82) is 0 Å². The van der Waals surface area contributed by atoms with E-state index >= 15 is 0 Å². The Morgan fingerprint density at radius 2 is 2.15 bits per heavy atom. The zero-order valence-corrected chi connectivity index (χ0v) is 15.7. The van der Waals surface area contributed by atoms with Gasteiger partial charge in [0.1, 0.15) is 5.75 Å². The van der Waals surface area contributed by atoms with Gasteiger partial charge >= 0.3 is 0 Å². The topological polar surface area (TPSA) is 82.9 Å². The number of rotatable bonds is 8. The van der Waals surface area contributed by atoms with Crippen LogP contribution in [0.4, 0.5) is 0 Å². The summed E-state index contributed by atoms with van der Waals surface area (Å²) in [5.74, 6) is 1.57. The van der Waals surface area contributed by atoms with E-state index in [1.54, 1.807) is 0 Å². The molecule has 2 rings (SSSR count). The van der Waals surface area contributed by atoms with Gasteiger partial charge in [0, 0.05) is 18.5 Å². The normalized spacial score (nSPS) is 14.9. The molecule has 6 nitrogen and oxygen atoms in total. The minimum absolute atomic E-state index is 0.0994. The van der Waals surface area contributed by atoms with Crippen molar-refractivity contribution in [3.63, 3.8) is 0 Å². The highest BCUT2D eigenvalue weighted by Gasteiger charge is 2.19. The van der Waals surface area contributed by atoms with Crippen molar-refractivity contribution in [2.75, 3.05) is 12.8 Å². The standard InChI is InChI=1S/C19H23N3O3S/c1-3-11-20-16-10-9-14(19(22-24)21-13-23)12-17(26-2)18(16)25-15-7-5-4-6-8-15/h4-9,12-13,20,24H,3,10-11H2,1-2H3,(H,21,22,23). The third-order valence-electron chi connectivity index (χ3n) is 3.65. The molecule has 1 aromatic carbocycles. The molecule has 138 valence electrons. The zero-order chi connectivity index (χ0) is 18.8. The van der Waals surface area contributed by atoms with Crippen molar-refractivity contribution in [2.24, 2.45) is 5.16 Å². The average molecular weight is 373 g/mol. The lowest BCUT2D eigenvalue weighted by atomic mass is 10.2. The predicted octanol–water partition coefficient (Wildman–Crippen LogP) is 3.39. The second-order valence-corrected chi connectivity index (χ2v) is 6.28. The molecular formula is C19H23N3O3S. The number of hydrogen-bond acceptors (Lipinski definition) is 6. The second kappa shape index (κ2) is 10.4. The average Bonchev–Trinajstić information content (AvgIpc) is 2.84. The number of amidine groups is 1. The number of carbonyl (C=O) groups excluding carboxylic acids is 1. The van der Waals surface area contributed by atoms with Crippen LogP contribution in [-0.4, -0.2) is 30.3 Å². The predicted molar refractivity (Wildman–Crippen MR) is 105 cm³/mol. The van der Waals surface area contributed by atoms with Gasteiger partial charge in [0.2, 0.25) is 6.41 Å². The first-order chi connectivity index (χ1) is 12.7. The minimum atomic E-state index is 0.0994. The molecule has 7 heteroatoms. The summed E-state index contributed by atoms with van der Waals surface area (Å²) in [6, 6.07) is 9.57. The van der Waals surface area contributed by atoms with E-state index in [0.29, 0.717) is 18.4 Å². The number of amides is 1. The Morgan fingerprint density at radius 1 is 1.38 bits per heavy atom. The van der Waals surface area contributed by atoms with Crippen molar-refractivity contribution >= 4 is 24.0 Å². The lowest BCUT2D eigenvalue weighted by Crippen LogP contribution is -2.23. The summed E-state index contributed by atoms with van der Waals surface area (Å²) in [6.07, 6.45) is 7.70. The smallest absolute Gasteiger partial charge is 0.212 e. The van der Waals surface area contributed by atoms with E-state index in [-0.39, 0.29) is 5.84 Å². The number of nitrogens with zero attached hydrogens (tertiary/aromatic N) is 1. The van der Waals surface area contributed by atoms with Gasteiger partial charge in [-0.25, -0.2) is 0 Å². The van der Waals surface area contributed by atoms with E-state index in [1.165, 1.54) is 11.8 Å².